The molecule has 0 spiro atoms. The molecule has 2 aromatic rings. The van der Waals surface area contributed by atoms with Crippen LogP contribution in [0, 0.1) is 0 Å². The summed E-state index contributed by atoms with van der Waals surface area (Å²) in [5, 5.41) is 19.2. The summed E-state index contributed by atoms with van der Waals surface area (Å²) in [6.45, 7) is 4.12. The molecule has 1 aromatic carbocycles. The maximum atomic E-state index is 10.2. The average molecular weight is 343 g/mol. The summed E-state index contributed by atoms with van der Waals surface area (Å²) in [4.78, 5) is 0. The van der Waals surface area contributed by atoms with E-state index in [0.717, 1.165) is 0 Å². The fraction of sp³-hybridized carbons (Fsp3) is 0.467. The van der Waals surface area contributed by atoms with Gasteiger partial charge in [-0.2, -0.15) is 0 Å². The van der Waals surface area contributed by atoms with Gasteiger partial charge < -0.3 is 14.3 Å². The van der Waals surface area contributed by atoms with Gasteiger partial charge in [0.15, 0.2) is 6.61 Å². The van der Waals surface area contributed by atoms with Gasteiger partial charge in [-0.3, -0.25) is 0 Å². The highest BCUT2D eigenvalue weighted by molar-refractivity contribution is 7.99. The van der Waals surface area contributed by atoms with Gasteiger partial charge in [-0.05, 0) is 37.1 Å². The van der Waals surface area contributed by atoms with Crippen molar-refractivity contribution in [2.24, 2.45) is 0 Å². The molecule has 0 fully saturated rings. The molecule has 2 rings (SSSR count). The van der Waals surface area contributed by atoms with Crippen LogP contribution in [0.3, 0.4) is 0 Å². The fourth-order valence-corrected chi connectivity index (χ4v) is 2.86. The monoisotopic (exact) mass is 342 g/mol. The van der Waals surface area contributed by atoms with E-state index in [9.17, 15) is 5.11 Å². The quantitative estimate of drug-likeness (QED) is 0.733. The molecule has 0 radical (unpaired) electrons. The van der Waals surface area contributed by atoms with Crippen LogP contribution in [0.1, 0.15) is 32.6 Å². The largest absolute Gasteiger partial charge is 0.484 e. The van der Waals surface area contributed by atoms with Crippen LogP contribution in [0.15, 0.2) is 33.9 Å². The van der Waals surface area contributed by atoms with E-state index in [1.54, 1.807) is 24.3 Å². The van der Waals surface area contributed by atoms with Crippen molar-refractivity contribution >= 4 is 23.4 Å². The molecule has 0 saturated heterocycles. The summed E-state index contributed by atoms with van der Waals surface area (Å²) in [6, 6.07) is 7.05. The predicted octanol–water partition coefficient (Wildman–Crippen LogP) is 3.95. The van der Waals surface area contributed by atoms with Crippen molar-refractivity contribution in [3.8, 4) is 5.75 Å². The van der Waals surface area contributed by atoms with Crippen molar-refractivity contribution in [3.63, 3.8) is 0 Å². The molecule has 0 bridgehead atoms. The molecule has 0 unspecified atom stereocenters. The Labute approximate surface area is 139 Å². The number of aliphatic hydroxyl groups is 1. The first kappa shape index (κ1) is 17.1. The Bertz CT molecular complexity index is 585. The number of nitrogens with zero attached hydrogens (tertiary/aromatic N) is 2. The third-order valence-corrected chi connectivity index (χ3v) is 4.75. The highest BCUT2D eigenvalue weighted by atomic mass is 35.5. The Hall–Kier alpha value is -1.24. The van der Waals surface area contributed by atoms with E-state index >= 15 is 0 Å². The molecule has 0 aliphatic carbocycles. The van der Waals surface area contributed by atoms with E-state index < -0.39 is 5.60 Å². The summed E-state index contributed by atoms with van der Waals surface area (Å²) >= 11 is 7.17. The van der Waals surface area contributed by atoms with Crippen LogP contribution in [0.25, 0.3) is 0 Å². The summed E-state index contributed by atoms with van der Waals surface area (Å²) in [6.07, 6.45) is 1.38. The second-order valence-electron chi connectivity index (χ2n) is 4.92. The molecular weight excluding hydrogens is 324 g/mol. The van der Waals surface area contributed by atoms with Crippen LogP contribution in [0.2, 0.25) is 5.02 Å². The van der Waals surface area contributed by atoms with Crippen molar-refractivity contribution in [2.75, 3.05) is 5.75 Å². The number of halogens is 1. The van der Waals surface area contributed by atoms with Crippen LogP contribution in [0.4, 0.5) is 0 Å². The van der Waals surface area contributed by atoms with Crippen LogP contribution < -0.4 is 4.74 Å². The number of aromatic nitrogens is 2. The normalized spacial score (nSPS) is 11.6. The Morgan fingerprint density at radius 3 is 2.55 bits per heavy atom. The van der Waals surface area contributed by atoms with Crippen molar-refractivity contribution in [3.05, 3.63) is 35.2 Å². The predicted molar refractivity (Wildman–Crippen MR) is 86.3 cm³/mol. The minimum absolute atomic E-state index is 0.195. The number of ether oxygens (including phenoxy) is 1. The summed E-state index contributed by atoms with van der Waals surface area (Å²) in [5.74, 6) is 1.61. The van der Waals surface area contributed by atoms with Gasteiger partial charge in [0, 0.05) is 10.8 Å². The molecule has 0 aliphatic rings. The molecule has 120 valence electrons. The van der Waals surface area contributed by atoms with Gasteiger partial charge in [0.2, 0.25) is 0 Å². The van der Waals surface area contributed by atoms with Crippen molar-refractivity contribution in [2.45, 2.75) is 44.1 Å². The molecule has 22 heavy (non-hydrogen) atoms. The van der Waals surface area contributed by atoms with Crippen LogP contribution >= 0.6 is 23.4 Å². The van der Waals surface area contributed by atoms with E-state index in [0.29, 0.717) is 40.5 Å². The van der Waals surface area contributed by atoms with E-state index in [4.69, 9.17) is 20.8 Å². The highest BCUT2D eigenvalue weighted by Crippen LogP contribution is 2.26. The lowest BCUT2D eigenvalue weighted by Crippen LogP contribution is -2.29. The molecule has 0 amide bonds. The molecule has 0 saturated carbocycles. The minimum Gasteiger partial charge on any atom is -0.484 e. The second-order valence-corrected chi connectivity index (χ2v) is 6.29. The van der Waals surface area contributed by atoms with E-state index in [1.807, 2.05) is 13.8 Å². The summed E-state index contributed by atoms with van der Waals surface area (Å²) in [5.41, 5.74) is -0.695. The SMILES string of the molecule is CCC(O)(CC)CSc1nnc(COc2ccc(Cl)cc2)o1. The number of benzene rings is 1. The topological polar surface area (TPSA) is 68.4 Å². The first-order chi connectivity index (χ1) is 10.5. The lowest BCUT2D eigenvalue weighted by atomic mass is 10.0. The van der Waals surface area contributed by atoms with Gasteiger partial charge in [-0.1, -0.05) is 37.2 Å². The van der Waals surface area contributed by atoms with Crippen molar-refractivity contribution < 1.29 is 14.3 Å². The van der Waals surface area contributed by atoms with Gasteiger partial charge in [0.25, 0.3) is 11.1 Å². The second kappa shape index (κ2) is 7.85. The van der Waals surface area contributed by atoms with Crippen LogP contribution in [-0.4, -0.2) is 26.7 Å². The Balaban J connectivity index is 1.85. The van der Waals surface area contributed by atoms with E-state index in [-0.39, 0.29) is 6.61 Å². The van der Waals surface area contributed by atoms with E-state index in [2.05, 4.69) is 10.2 Å². The zero-order valence-corrected chi connectivity index (χ0v) is 14.2. The smallest absolute Gasteiger partial charge is 0.276 e. The first-order valence-electron chi connectivity index (χ1n) is 7.10. The van der Waals surface area contributed by atoms with Crippen LogP contribution in [0.5, 0.6) is 5.75 Å². The molecule has 1 N–H and O–H groups in total. The number of hydrogen-bond donors (Lipinski definition) is 1. The molecule has 1 heterocycles. The molecular formula is C15H19ClN2O3S. The number of rotatable bonds is 8. The van der Waals surface area contributed by atoms with Crippen molar-refractivity contribution in [1.82, 2.24) is 10.2 Å². The maximum Gasteiger partial charge on any atom is 0.276 e. The lowest BCUT2D eigenvalue weighted by Gasteiger charge is -2.23. The van der Waals surface area contributed by atoms with Gasteiger partial charge in [-0.15, -0.1) is 10.2 Å². The zero-order valence-electron chi connectivity index (χ0n) is 12.6. The Morgan fingerprint density at radius 2 is 1.91 bits per heavy atom. The standard InChI is InChI=1S/C15H19ClN2O3S/c1-3-15(19,4-2)10-22-14-18-17-13(21-14)9-20-12-7-5-11(16)6-8-12/h5-8,19H,3-4,9-10H2,1-2H3. The molecule has 0 atom stereocenters. The minimum atomic E-state index is -0.695. The van der Waals surface area contributed by atoms with Crippen molar-refractivity contribution in [1.29, 1.82) is 0 Å². The summed E-state index contributed by atoms with van der Waals surface area (Å²) in [7, 11) is 0. The molecule has 0 aliphatic heterocycles. The average Bonchev–Trinajstić information content (AvgIpc) is 3.00. The zero-order chi connectivity index (χ0) is 16.0. The first-order valence-corrected chi connectivity index (χ1v) is 8.47. The van der Waals surface area contributed by atoms with Gasteiger partial charge in [0.05, 0.1) is 5.60 Å². The Kier molecular flexibility index (Phi) is 6.11. The number of thioether (sulfide) groups is 1. The van der Waals surface area contributed by atoms with Gasteiger partial charge in [0.1, 0.15) is 5.75 Å². The third kappa shape index (κ3) is 4.90. The third-order valence-electron chi connectivity index (χ3n) is 3.40. The Morgan fingerprint density at radius 1 is 1.23 bits per heavy atom. The van der Waals surface area contributed by atoms with Gasteiger partial charge in [-0.25, -0.2) is 0 Å². The number of hydrogen-bond acceptors (Lipinski definition) is 6. The van der Waals surface area contributed by atoms with Crippen LogP contribution in [-0.2, 0) is 6.61 Å². The molecule has 7 heteroatoms. The van der Waals surface area contributed by atoms with E-state index in [1.165, 1.54) is 11.8 Å². The highest BCUT2D eigenvalue weighted by Gasteiger charge is 2.23. The fourth-order valence-electron chi connectivity index (χ4n) is 1.68. The molecule has 5 nitrogen and oxygen atoms in total. The van der Waals surface area contributed by atoms with Gasteiger partial charge >= 0.3 is 0 Å². The lowest BCUT2D eigenvalue weighted by molar-refractivity contribution is 0.0569. The maximum absolute atomic E-state index is 10.2. The summed E-state index contributed by atoms with van der Waals surface area (Å²) < 4.78 is 11.0. The molecule has 1 aromatic heterocycles.